The van der Waals surface area contributed by atoms with Gasteiger partial charge in [0, 0.05) is 0 Å². The standard InChI is InChI=1S/C14H26N2O/c1-2-11-6-8-12(9-7-11)14(16-15)13-5-3-4-10-17-13/h5,11-12,14,16H,2-4,6-10,15H2,1H3. The summed E-state index contributed by atoms with van der Waals surface area (Å²) in [6.45, 7) is 3.16. The van der Waals surface area contributed by atoms with Gasteiger partial charge in [-0.15, -0.1) is 0 Å². The first kappa shape index (κ1) is 12.9. The maximum atomic E-state index is 5.76. The fourth-order valence-corrected chi connectivity index (χ4v) is 3.17. The fraction of sp³-hybridized carbons (Fsp3) is 0.857. The van der Waals surface area contributed by atoms with Crippen molar-refractivity contribution in [3.8, 4) is 0 Å². The third-order valence-corrected chi connectivity index (χ3v) is 4.39. The van der Waals surface area contributed by atoms with E-state index >= 15 is 0 Å². The van der Waals surface area contributed by atoms with Crippen molar-refractivity contribution >= 4 is 0 Å². The lowest BCUT2D eigenvalue weighted by Crippen LogP contribution is -2.44. The summed E-state index contributed by atoms with van der Waals surface area (Å²) >= 11 is 0. The molecule has 3 N–H and O–H groups in total. The zero-order chi connectivity index (χ0) is 12.1. The first-order valence-corrected chi connectivity index (χ1v) is 7.14. The molecule has 0 bridgehead atoms. The Labute approximate surface area is 105 Å². The molecule has 0 aromatic rings. The Balaban J connectivity index is 1.92. The molecule has 1 aliphatic carbocycles. The van der Waals surface area contributed by atoms with E-state index in [9.17, 15) is 0 Å². The van der Waals surface area contributed by atoms with Crippen LogP contribution in [0.2, 0.25) is 0 Å². The van der Waals surface area contributed by atoms with Gasteiger partial charge in [-0.2, -0.15) is 0 Å². The van der Waals surface area contributed by atoms with Gasteiger partial charge in [0.15, 0.2) is 0 Å². The van der Waals surface area contributed by atoms with E-state index in [1.807, 2.05) is 0 Å². The van der Waals surface area contributed by atoms with Gasteiger partial charge in [0.2, 0.25) is 0 Å². The predicted octanol–water partition coefficient (Wildman–Crippen LogP) is 2.73. The molecule has 1 aliphatic heterocycles. The van der Waals surface area contributed by atoms with Gasteiger partial charge in [-0.05, 0) is 43.6 Å². The van der Waals surface area contributed by atoms with E-state index in [1.165, 1.54) is 32.1 Å². The van der Waals surface area contributed by atoms with Gasteiger partial charge in [0.1, 0.15) is 5.76 Å². The van der Waals surface area contributed by atoms with Gasteiger partial charge in [0.25, 0.3) is 0 Å². The molecule has 0 aromatic carbocycles. The summed E-state index contributed by atoms with van der Waals surface area (Å²) in [6, 6.07) is 0.244. The van der Waals surface area contributed by atoms with Crippen LogP contribution in [0, 0.1) is 11.8 Å². The van der Waals surface area contributed by atoms with E-state index in [2.05, 4.69) is 18.4 Å². The van der Waals surface area contributed by atoms with Gasteiger partial charge in [-0.1, -0.05) is 26.2 Å². The minimum Gasteiger partial charge on any atom is -0.497 e. The van der Waals surface area contributed by atoms with Crippen molar-refractivity contribution in [2.75, 3.05) is 6.61 Å². The van der Waals surface area contributed by atoms with Crippen LogP contribution in [-0.4, -0.2) is 12.6 Å². The van der Waals surface area contributed by atoms with E-state index in [1.54, 1.807) is 0 Å². The largest absolute Gasteiger partial charge is 0.497 e. The Hall–Kier alpha value is -0.540. The summed E-state index contributed by atoms with van der Waals surface area (Å²) in [4.78, 5) is 0. The Morgan fingerprint density at radius 3 is 2.71 bits per heavy atom. The number of hydrogen-bond donors (Lipinski definition) is 2. The number of nitrogens with two attached hydrogens (primary N) is 1. The Morgan fingerprint density at radius 2 is 2.18 bits per heavy atom. The fourth-order valence-electron chi connectivity index (χ4n) is 3.17. The molecule has 0 amide bonds. The van der Waals surface area contributed by atoms with Crippen molar-refractivity contribution < 1.29 is 4.74 Å². The smallest absolute Gasteiger partial charge is 0.111 e. The first-order valence-electron chi connectivity index (χ1n) is 7.14. The summed E-state index contributed by atoms with van der Waals surface area (Å²) in [5.74, 6) is 8.42. The van der Waals surface area contributed by atoms with E-state index in [0.29, 0.717) is 5.92 Å². The average molecular weight is 238 g/mol. The van der Waals surface area contributed by atoms with Crippen LogP contribution in [-0.2, 0) is 4.74 Å². The maximum Gasteiger partial charge on any atom is 0.111 e. The summed E-state index contributed by atoms with van der Waals surface area (Å²) < 4.78 is 5.76. The topological polar surface area (TPSA) is 47.3 Å². The van der Waals surface area contributed by atoms with Gasteiger partial charge in [-0.3, -0.25) is 5.84 Å². The summed E-state index contributed by atoms with van der Waals surface area (Å²) in [6.07, 6.45) is 11.1. The third kappa shape index (κ3) is 3.23. The second-order valence-corrected chi connectivity index (χ2v) is 5.43. The Bertz CT molecular complexity index is 257. The van der Waals surface area contributed by atoms with Crippen LogP contribution in [0.1, 0.15) is 51.9 Å². The van der Waals surface area contributed by atoms with Crippen molar-refractivity contribution in [2.45, 2.75) is 57.9 Å². The van der Waals surface area contributed by atoms with Crippen LogP contribution in [0.4, 0.5) is 0 Å². The zero-order valence-corrected chi connectivity index (χ0v) is 11.0. The molecule has 2 rings (SSSR count). The summed E-state index contributed by atoms with van der Waals surface area (Å²) in [5, 5.41) is 0. The van der Waals surface area contributed by atoms with Gasteiger partial charge < -0.3 is 4.74 Å². The quantitative estimate of drug-likeness (QED) is 0.585. The van der Waals surface area contributed by atoms with Crippen molar-refractivity contribution in [3.63, 3.8) is 0 Å². The molecule has 98 valence electrons. The number of hydrazine groups is 1. The highest BCUT2D eigenvalue weighted by atomic mass is 16.5. The third-order valence-electron chi connectivity index (χ3n) is 4.39. The molecule has 0 aromatic heterocycles. The van der Waals surface area contributed by atoms with Crippen LogP contribution >= 0.6 is 0 Å². The normalized spacial score (nSPS) is 31.5. The molecule has 1 saturated carbocycles. The molecule has 1 atom stereocenters. The number of hydrogen-bond acceptors (Lipinski definition) is 3. The van der Waals surface area contributed by atoms with Crippen LogP contribution in [0.25, 0.3) is 0 Å². The minimum atomic E-state index is 0.244. The second kappa shape index (κ2) is 6.41. The van der Waals surface area contributed by atoms with Crippen LogP contribution in [0.5, 0.6) is 0 Å². The molecule has 0 saturated heterocycles. The van der Waals surface area contributed by atoms with E-state index < -0.39 is 0 Å². The molecular weight excluding hydrogens is 212 g/mol. The molecule has 1 unspecified atom stereocenters. The SMILES string of the molecule is CCC1CCC(C(NN)C2=CCCCO2)CC1. The van der Waals surface area contributed by atoms with Gasteiger partial charge >= 0.3 is 0 Å². The molecular formula is C14H26N2O. The summed E-state index contributed by atoms with van der Waals surface area (Å²) in [7, 11) is 0. The van der Waals surface area contributed by atoms with E-state index in [0.717, 1.165) is 31.1 Å². The highest BCUT2D eigenvalue weighted by Gasteiger charge is 2.30. The zero-order valence-electron chi connectivity index (χ0n) is 11.0. The van der Waals surface area contributed by atoms with Crippen LogP contribution in [0.3, 0.4) is 0 Å². The average Bonchev–Trinajstić information content (AvgIpc) is 2.42. The molecule has 2 aliphatic rings. The number of nitrogens with one attached hydrogen (secondary N) is 1. The van der Waals surface area contributed by atoms with E-state index in [-0.39, 0.29) is 6.04 Å². The molecule has 3 heteroatoms. The molecule has 0 spiro atoms. The van der Waals surface area contributed by atoms with Gasteiger partial charge in [-0.25, -0.2) is 5.43 Å². The van der Waals surface area contributed by atoms with Crippen LogP contribution in [0.15, 0.2) is 11.8 Å². The van der Waals surface area contributed by atoms with Crippen molar-refractivity contribution in [1.29, 1.82) is 0 Å². The van der Waals surface area contributed by atoms with Crippen molar-refractivity contribution in [1.82, 2.24) is 5.43 Å². The van der Waals surface area contributed by atoms with Crippen LogP contribution < -0.4 is 11.3 Å². The number of allylic oxidation sites excluding steroid dienone is 1. The predicted molar refractivity (Wildman–Crippen MR) is 70.1 cm³/mol. The molecule has 0 radical (unpaired) electrons. The lowest BCUT2D eigenvalue weighted by molar-refractivity contribution is 0.131. The molecule has 1 heterocycles. The monoisotopic (exact) mass is 238 g/mol. The lowest BCUT2D eigenvalue weighted by atomic mass is 9.77. The molecule has 3 nitrogen and oxygen atoms in total. The Kier molecular flexibility index (Phi) is 4.86. The second-order valence-electron chi connectivity index (χ2n) is 5.43. The molecule has 1 fully saturated rings. The number of rotatable bonds is 4. The molecule has 17 heavy (non-hydrogen) atoms. The lowest BCUT2D eigenvalue weighted by Gasteiger charge is -2.35. The van der Waals surface area contributed by atoms with Crippen molar-refractivity contribution in [3.05, 3.63) is 11.8 Å². The minimum absolute atomic E-state index is 0.244. The van der Waals surface area contributed by atoms with Gasteiger partial charge in [0.05, 0.1) is 12.6 Å². The number of ether oxygens (including phenoxy) is 1. The summed E-state index contributed by atoms with van der Waals surface area (Å²) in [5.41, 5.74) is 2.98. The van der Waals surface area contributed by atoms with E-state index in [4.69, 9.17) is 10.6 Å². The highest BCUT2D eigenvalue weighted by Crippen LogP contribution is 2.34. The Morgan fingerprint density at radius 1 is 1.41 bits per heavy atom. The maximum absolute atomic E-state index is 5.76. The first-order chi connectivity index (χ1) is 8.35. The van der Waals surface area contributed by atoms with Crippen molar-refractivity contribution in [2.24, 2.45) is 17.7 Å². The highest BCUT2D eigenvalue weighted by molar-refractivity contribution is 5.07.